The van der Waals surface area contributed by atoms with Crippen molar-refractivity contribution in [2.75, 3.05) is 20.1 Å². The highest BCUT2D eigenvalue weighted by molar-refractivity contribution is 5.94. The fourth-order valence-electron chi connectivity index (χ4n) is 2.42. The summed E-state index contributed by atoms with van der Waals surface area (Å²) >= 11 is 0. The number of likely N-dealkylation sites (tertiary alicyclic amines) is 1. The van der Waals surface area contributed by atoms with Crippen LogP contribution < -0.4 is 5.32 Å². The van der Waals surface area contributed by atoms with Gasteiger partial charge in [0.15, 0.2) is 0 Å². The second kappa shape index (κ2) is 6.26. The molecule has 1 unspecified atom stereocenters. The van der Waals surface area contributed by atoms with Gasteiger partial charge in [0, 0.05) is 24.7 Å². The number of hydrogen-bond acceptors (Lipinski definition) is 2. The second-order valence-corrected chi connectivity index (χ2v) is 4.92. The van der Waals surface area contributed by atoms with Crippen LogP contribution in [0.1, 0.15) is 35.2 Å². The minimum absolute atomic E-state index is 0.110. The Kier molecular flexibility index (Phi) is 4.65. The average molecular weight is 286 g/mol. The van der Waals surface area contributed by atoms with E-state index in [1.165, 1.54) is 6.07 Å². The van der Waals surface area contributed by atoms with Crippen molar-refractivity contribution in [2.24, 2.45) is 0 Å². The number of hydrogen-bond donors (Lipinski definition) is 1. The highest BCUT2D eigenvalue weighted by Crippen LogP contribution is 2.24. The first-order chi connectivity index (χ1) is 9.52. The zero-order valence-electron chi connectivity index (χ0n) is 11.2. The second-order valence-electron chi connectivity index (χ2n) is 4.92. The monoisotopic (exact) mass is 286 g/mol. The van der Waals surface area contributed by atoms with Crippen LogP contribution in [0.4, 0.5) is 13.2 Å². The standard InChI is InChI=1S/C14H17F3N2O/c1-18-10-3-2-6-19(8-10)14(20)9-4-5-12(15)11(7-9)13(16)17/h4-5,7,10,13,18H,2-3,6,8H2,1H3. The van der Waals surface area contributed by atoms with Crippen molar-refractivity contribution in [3.8, 4) is 0 Å². The molecule has 1 aromatic carbocycles. The Morgan fingerprint density at radius 2 is 2.20 bits per heavy atom. The quantitative estimate of drug-likeness (QED) is 0.926. The lowest BCUT2D eigenvalue weighted by molar-refractivity contribution is 0.0697. The van der Waals surface area contributed by atoms with Crippen molar-refractivity contribution in [2.45, 2.75) is 25.3 Å². The van der Waals surface area contributed by atoms with E-state index >= 15 is 0 Å². The first kappa shape index (κ1) is 14.8. The molecule has 0 aromatic heterocycles. The van der Waals surface area contributed by atoms with Gasteiger partial charge in [0.2, 0.25) is 0 Å². The molecular weight excluding hydrogens is 269 g/mol. The van der Waals surface area contributed by atoms with Gasteiger partial charge < -0.3 is 10.2 Å². The summed E-state index contributed by atoms with van der Waals surface area (Å²) in [5.74, 6) is -1.31. The van der Waals surface area contributed by atoms with Crippen molar-refractivity contribution in [3.63, 3.8) is 0 Å². The third-order valence-electron chi connectivity index (χ3n) is 3.59. The van der Waals surface area contributed by atoms with Crippen LogP contribution in [0, 0.1) is 5.82 Å². The Morgan fingerprint density at radius 3 is 2.85 bits per heavy atom. The van der Waals surface area contributed by atoms with Gasteiger partial charge in [0.05, 0.1) is 5.56 Å². The average Bonchev–Trinajstić information content (AvgIpc) is 2.46. The first-order valence-electron chi connectivity index (χ1n) is 6.57. The number of piperidine rings is 1. The minimum atomic E-state index is -2.92. The van der Waals surface area contributed by atoms with E-state index < -0.39 is 17.8 Å². The Balaban J connectivity index is 2.18. The van der Waals surface area contributed by atoms with Crippen molar-refractivity contribution in [1.29, 1.82) is 0 Å². The maximum absolute atomic E-state index is 13.2. The molecule has 0 radical (unpaired) electrons. The Labute approximate surface area is 115 Å². The number of nitrogens with zero attached hydrogens (tertiary/aromatic N) is 1. The van der Waals surface area contributed by atoms with Gasteiger partial charge in [-0.15, -0.1) is 0 Å². The zero-order chi connectivity index (χ0) is 14.7. The number of likely N-dealkylation sites (N-methyl/N-ethyl adjacent to an activating group) is 1. The van der Waals surface area contributed by atoms with E-state index in [0.29, 0.717) is 13.1 Å². The molecule has 1 saturated heterocycles. The normalized spacial score (nSPS) is 19.4. The molecule has 0 bridgehead atoms. The van der Waals surface area contributed by atoms with Gasteiger partial charge >= 0.3 is 0 Å². The summed E-state index contributed by atoms with van der Waals surface area (Å²) < 4.78 is 38.5. The Bertz CT molecular complexity index is 493. The number of carbonyl (C=O) groups is 1. The SMILES string of the molecule is CNC1CCCN(C(=O)c2ccc(F)c(C(F)F)c2)C1. The lowest BCUT2D eigenvalue weighted by Gasteiger charge is -2.32. The molecular formula is C14H17F3N2O. The summed E-state index contributed by atoms with van der Waals surface area (Å²) in [6.07, 6.45) is -1.08. The molecule has 1 fully saturated rings. The van der Waals surface area contributed by atoms with E-state index in [2.05, 4.69) is 5.32 Å². The smallest absolute Gasteiger partial charge is 0.266 e. The predicted octanol–water partition coefficient (Wildman–Crippen LogP) is 2.59. The molecule has 110 valence electrons. The fourth-order valence-corrected chi connectivity index (χ4v) is 2.42. The first-order valence-corrected chi connectivity index (χ1v) is 6.57. The maximum atomic E-state index is 13.2. The number of carbonyl (C=O) groups excluding carboxylic acids is 1. The largest absolute Gasteiger partial charge is 0.337 e. The molecule has 1 aliphatic heterocycles. The van der Waals surface area contributed by atoms with Crippen LogP contribution in [0.25, 0.3) is 0 Å². The van der Waals surface area contributed by atoms with E-state index in [0.717, 1.165) is 25.0 Å². The summed E-state index contributed by atoms with van der Waals surface area (Å²) in [7, 11) is 1.82. The fraction of sp³-hybridized carbons (Fsp3) is 0.500. The molecule has 1 aliphatic rings. The van der Waals surface area contributed by atoms with E-state index in [1.54, 1.807) is 4.90 Å². The van der Waals surface area contributed by atoms with Crippen LogP contribution in [0.3, 0.4) is 0 Å². The van der Waals surface area contributed by atoms with Crippen molar-refractivity contribution in [3.05, 3.63) is 35.1 Å². The van der Waals surface area contributed by atoms with Gasteiger partial charge in [-0.3, -0.25) is 4.79 Å². The lowest BCUT2D eigenvalue weighted by Crippen LogP contribution is -2.47. The molecule has 0 saturated carbocycles. The molecule has 3 nitrogen and oxygen atoms in total. The van der Waals surface area contributed by atoms with Crippen LogP contribution >= 0.6 is 0 Å². The van der Waals surface area contributed by atoms with Crippen LogP contribution in [-0.4, -0.2) is 37.0 Å². The summed E-state index contributed by atoms with van der Waals surface area (Å²) in [5.41, 5.74) is -0.614. The topological polar surface area (TPSA) is 32.3 Å². The number of nitrogens with one attached hydrogen (secondary N) is 1. The van der Waals surface area contributed by atoms with Gasteiger partial charge in [-0.25, -0.2) is 13.2 Å². The van der Waals surface area contributed by atoms with E-state index in [1.807, 2.05) is 7.05 Å². The number of benzene rings is 1. The number of halogens is 3. The van der Waals surface area contributed by atoms with Crippen molar-refractivity contribution < 1.29 is 18.0 Å². The van der Waals surface area contributed by atoms with Crippen LogP contribution in [0.5, 0.6) is 0 Å². The molecule has 1 atom stereocenters. The van der Waals surface area contributed by atoms with Crippen molar-refractivity contribution in [1.82, 2.24) is 10.2 Å². The molecule has 2 rings (SSSR count). The predicted molar refractivity (Wildman–Crippen MR) is 69.3 cm³/mol. The summed E-state index contributed by atoms with van der Waals surface area (Å²) in [4.78, 5) is 13.9. The molecule has 1 heterocycles. The number of rotatable bonds is 3. The van der Waals surface area contributed by atoms with E-state index in [-0.39, 0.29) is 17.5 Å². The summed E-state index contributed by atoms with van der Waals surface area (Å²) in [5, 5.41) is 3.11. The maximum Gasteiger partial charge on any atom is 0.266 e. The third kappa shape index (κ3) is 3.12. The molecule has 1 aromatic rings. The third-order valence-corrected chi connectivity index (χ3v) is 3.59. The summed E-state index contributed by atoms with van der Waals surface area (Å²) in [6, 6.07) is 3.34. The summed E-state index contributed by atoms with van der Waals surface area (Å²) in [6.45, 7) is 1.13. The molecule has 0 spiro atoms. The Hall–Kier alpha value is -1.56. The molecule has 1 amide bonds. The van der Waals surface area contributed by atoms with Gasteiger partial charge in [-0.05, 0) is 38.1 Å². The molecule has 6 heteroatoms. The van der Waals surface area contributed by atoms with Gasteiger partial charge in [-0.2, -0.15) is 0 Å². The lowest BCUT2D eigenvalue weighted by atomic mass is 10.0. The highest BCUT2D eigenvalue weighted by Gasteiger charge is 2.25. The Morgan fingerprint density at radius 1 is 1.45 bits per heavy atom. The number of alkyl halides is 2. The van der Waals surface area contributed by atoms with Crippen LogP contribution in [-0.2, 0) is 0 Å². The van der Waals surface area contributed by atoms with Crippen LogP contribution in [0.2, 0.25) is 0 Å². The molecule has 1 N–H and O–H groups in total. The number of amides is 1. The molecule has 0 aliphatic carbocycles. The van der Waals surface area contributed by atoms with Gasteiger partial charge in [0.1, 0.15) is 5.82 Å². The van der Waals surface area contributed by atoms with Crippen molar-refractivity contribution >= 4 is 5.91 Å². The minimum Gasteiger partial charge on any atom is -0.337 e. The van der Waals surface area contributed by atoms with E-state index in [4.69, 9.17) is 0 Å². The van der Waals surface area contributed by atoms with Gasteiger partial charge in [-0.1, -0.05) is 0 Å². The molecule has 20 heavy (non-hydrogen) atoms. The van der Waals surface area contributed by atoms with E-state index in [9.17, 15) is 18.0 Å². The van der Waals surface area contributed by atoms with Crippen LogP contribution in [0.15, 0.2) is 18.2 Å². The highest BCUT2D eigenvalue weighted by atomic mass is 19.3. The zero-order valence-corrected chi connectivity index (χ0v) is 11.2. The van der Waals surface area contributed by atoms with Gasteiger partial charge in [0.25, 0.3) is 12.3 Å².